The van der Waals surface area contributed by atoms with E-state index in [1.54, 1.807) is 0 Å². The van der Waals surface area contributed by atoms with Crippen LogP contribution in [0.5, 0.6) is 0 Å². The van der Waals surface area contributed by atoms with E-state index in [1.165, 1.54) is 17.8 Å². The molecule has 1 heterocycles. The molecule has 3 rings (SSSR count). The number of hydrogen-bond acceptors (Lipinski definition) is 3. The molecule has 0 saturated heterocycles. The van der Waals surface area contributed by atoms with Gasteiger partial charge in [-0.2, -0.15) is 0 Å². The summed E-state index contributed by atoms with van der Waals surface area (Å²) >= 11 is 1.52. The van der Waals surface area contributed by atoms with E-state index in [9.17, 15) is 4.79 Å². The number of amides is 1. The highest BCUT2D eigenvalue weighted by molar-refractivity contribution is 7.20. The van der Waals surface area contributed by atoms with Gasteiger partial charge in [-0.05, 0) is 47.9 Å². The van der Waals surface area contributed by atoms with E-state index < -0.39 is 0 Å². The molecule has 3 nitrogen and oxygen atoms in total. The maximum Gasteiger partial charge on any atom is 0.261 e. The van der Waals surface area contributed by atoms with E-state index in [-0.39, 0.29) is 5.91 Å². The summed E-state index contributed by atoms with van der Waals surface area (Å²) in [6.07, 6.45) is 1.24. The summed E-state index contributed by atoms with van der Waals surface area (Å²) in [5, 5.41) is 4.05. The predicted octanol–water partition coefficient (Wildman–Crippen LogP) is 2.87. The van der Waals surface area contributed by atoms with E-state index in [2.05, 4.69) is 12.2 Å². The number of nitrogens with two attached hydrogens (primary N) is 1. The first-order chi connectivity index (χ1) is 8.63. The fourth-order valence-corrected chi connectivity index (χ4v) is 3.13. The zero-order valence-electron chi connectivity index (χ0n) is 10.3. The van der Waals surface area contributed by atoms with Gasteiger partial charge >= 0.3 is 0 Å². The highest BCUT2D eigenvalue weighted by Gasteiger charge is 2.32. The molecule has 94 valence electrons. The van der Waals surface area contributed by atoms with Crippen LogP contribution in [0, 0.1) is 11.8 Å². The molecule has 1 fully saturated rings. The van der Waals surface area contributed by atoms with Gasteiger partial charge in [0.1, 0.15) is 0 Å². The van der Waals surface area contributed by atoms with Crippen molar-refractivity contribution in [2.45, 2.75) is 13.3 Å². The maximum absolute atomic E-state index is 12.0. The lowest BCUT2D eigenvalue weighted by atomic mass is 10.2. The van der Waals surface area contributed by atoms with Crippen molar-refractivity contribution < 1.29 is 4.79 Å². The van der Waals surface area contributed by atoms with Crippen molar-refractivity contribution in [1.82, 2.24) is 5.32 Å². The minimum Gasteiger partial charge on any atom is -0.399 e. The molecule has 1 aliphatic carbocycles. The Morgan fingerprint density at radius 2 is 2.28 bits per heavy atom. The molecule has 1 aromatic carbocycles. The zero-order chi connectivity index (χ0) is 12.7. The Hall–Kier alpha value is -1.55. The van der Waals surface area contributed by atoms with Gasteiger partial charge in [-0.1, -0.05) is 6.92 Å². The van der Waals surface area contributed by atoms with Gasteiger partial charge in [0.15, 0.2) is 0 Å². The van der Waals surface area contributed by atoms with Crippen LogP contribution in [0.4, 0.5) is 5.69 Å². The van der Waals surface area contributed by atoms with E-state index >= 15 is 0 Å². The Labute approximate surface area is 110 Å². The number of hydrogen-bond donors (Lipinski definition) is 2. The molecule has 4 heteroatoms. The molecule has 1 aromatic heterocycles. The molecule has 1 amide bonds. The lowest BCUT2D eigenvalue weighted by molar-refractivity contribution is 0.0955. The molecule has 2 unspecified atom stereocenters. The van der Waals surface area contributed by atoms with E-state index in [1.807, 2.05) is 24.3 Å². The van der Waals surface area contributed by atoms with Crippen molar-refractivity contribution in [1.29, 1.82) is 0 Å². The smallest absolute Gasteiger partial charge is 0.261 e. The number of anilines is 1. The first kappa shape index (κ1) is 11.5. The summed E-state index contributed by atoms with van der Waals surface area (Å²) in [4.78, 5) is 12.8. The summed E-state index contributed by atoms with van der Waals surface area (Å²) in [6.45, 7) is 3.02. The van der Waals surface area contributed by atoms with Crippen molar-refractivity contribution in [3.63, 3.8) is 0 Å². The van der Waals surface area contributed by atoms with Crippen molar-refractivity contribution in [2.24, 2.45) is 11.8 Å². The Kier molecular flexibility index (Phi) is 2.74. The second-order valence-corrected chi connectivity index (χ2v) is 6.17. The quantitative estimate of drug-likeness (QED) is 0.834. The number of nitrogens with one attached hydrogen (secondary N) is 1. The minimum absolute atomic E-state index is 0.0360. The fourth-order valence-electron chi connectivity index (χ4n) is 2.17. The van der Waals surface area contributed by atoms with Crippen LogP contribution in [0.15, 0.2) is 24.3 Å². The third kappa shape index (κ3) is 2.20. The highest BCUT2D eigenvalue weighted by Crippen LogP contribution is 2.37. The molecule has 1 aliphatic rings. The number of nitrogen functional groups attached to an aromatic ring is 1. The Balaban J connectivity index is 1.74. The average Bonchev–Trinajstić information content (AvgIpc) is 2.88. The van der Waals surface area contributed by atoms with Crippen molar-refractivity contribution in [2.75, 3.05) is 12.3 Å². The van der Waals surface area contributed by atoms with Crippen LogP contribution in [0.25, 0.3) is 10.1 Å². The number of fused-ring (bicyclic) bond motifs is 1. The van der Waals surface area contributed by atoms with Gasteiger partial charge in [0.2, 0.25) is 0 Å². The van der Waals surface area contributed by atoms with Crippen LogP contribution in [-0.2, 0) is 0 Å². The molecule has 0 aliphatic heterocycles. The van der Waals surface area contributed by atoms with Gasteiger partial charge in [-0.3, -0.25) is 4.79 Å². The summed E-state index contributed by atoms with van der Waals surface area (Å²) in [5.41, 5.74) is 6.47. The molecule has 2 atom stereocenters. The van der Waals surface area contributed by atoms with Crippen LogP contribution in [0.1, 0.15) is 23.0 Å². The van der Waals surface area contributed by atoms with Crippen LogP contribution < -0.4 is 11.1 Å². The van der Waals surface area contributed by atoms with E-state index in [4.69, 9.17) is 5.73 Å². The van der Waals surface area contributed by atoms with Crippen LogP contribution in [0.3, 0.4) is 0 Å². The summed E-state index contributed by atoms with van der Waals surface area (Å²) in [7, 11) is 0. The molecule has 3 N–H and O–H groups in total. The summed E-state index contributed by atoms with van der Waals surface area (Å²) < 4.78 is 1.11. The molecule has 0 radical (unpaired) electrons. The maximum atomic E-state index is 12.0. The molecule has 0 spiro atoms. The van der Waals surface area contributed by atoms with E-state index in [0.29, 0.717) is 5.92 Å². The monoisotopic (exact) mass is 260 g/mol. The lowest BCUT2D eigenvalue weighted by Gasteiger charge is -2.01. The zero-order valence-corrected chi connectivity index (χ0v) is 11.1. The number of carbonyl (C=O) groups is 1. The highest BCUT2D eigenvalue weighted by atomic mass is 32.1. The Morgan fingerprint density at radius 3 is 3.00 bits per heavy atom. The average molecular weight is 260 g/mol. The normalized spacial score (nSPS) is 22.1. The minimum atomic E-state index is 0.0360. The van der Waals surface area contributed by atoms with Crippen molar-refractivity contribution in [3.05, 3.63) is 29.1 Å². The number of thiophene rings is 1. The third-order valence-electron chi connectivity index (χ3n) is 3.57. The first-order valence-corrected chi connectivity index (χ1v) is 7.02. The summed E-state index contributed by atoms with van der Waals surface area (Å²) in [6, 6.07) is 7.66. The molecule has 2 aromatic rings. The van der Waals surface area contributed by atoms with Gasteiger partial charge in [-0.25, -0.2) is 0 Å². The number of rotatable bonds is 3. The van der Waals surface area contributed by atoms with Crippen molar-refractivity contribution in [3.8, 4) is 0 Å². The molecule has 18 heavy (non-hydrogen) atoms. The lowest BCUT2D eigenvalue weighted by Crippen LogP contribution is -2.24. The van der Waals surface area contributed by atoms with Crippen molar-refractivity contribution >= 4 is 33.0 Å². The van der Waals surface area contributed by atoms with Gasteiger partial charge in [0.05, 0.1) is 4.88 Å². The number of benzene rings is 1. The molecule has 0 bridgehead atoms. The largest absolute Gasteiger partial charge is 0.399 e. The fraction of sp³-hybridized carbons (Fsp3) is 0.357. The van der Waals surface area contributed by atoms with Gasteiger partial charge in [0.25, 0.3) is 5.91 Å². The molecular formula is C14H16N2OS. The Morgan fingerprint density at radius 1 is 1.50 bits per heavy atom. The third-order valence-corrected chi connectivity index (χ3v) is 4.68. The standard InChI is InChI=1S/C14H16N2OS/c1-8-4-10(8)7-16-14(17)13-6-9-5-11(15)2-3-12(9)18-13/h2-3,5-6,8,10H,4,7,15H2,1H3,(H,16,17). The van der Waals surface area contributed by atoms with Crippen LogP contribution in [-0.4, -0.2) is 12.5 Å². The number of carbonyl (C=O) groups excluding carboxylic acids is 1. The summed E-state index contributed by atoms with van der Waals surface area (Å²) in [5.74, 6) is 1.49. The van der Waals surface area contributed by atoms with Gasteiger partial charge in [0, 0.05) is 16.9 Å². The van der Waals surface area contributed by atoms with Crippen LogP contribution >= 0.6 is 11.3 Å². The molecule has 1 saturated carbocycles. The Bertz CT molecular complexity index is 605. The van der Waals surface area contributed by atoms with Crippen LogP contribution in [0.2, 0.25) is 0 Å². The van der Waals surface area contributed by atoms with E-state index in [0.717, 1.165) is 33.1 Å². The predicted molar refractivity (Wildman–Crippen MR) is 75.8 cm³/mol. The van der Waals surface area contributed by atoms with Gasteiger partial charge < -0.3 is 11.1 Å². The topological polar surface area (TPSA) is 55.1 Å². The van der Waals surface area contributed by atoms with Gasteiger partial charge in [-0.15, -0.1) is 11.3 Å². The SMILES string of the molecule is CC1CC1CNC(=O)c1cc2cc(N)ccc2s1. The molecular weight excluding hydrogens is 244 g/mol. The first-order valence-electron chi connectivity index (χ1n) is 6.21. The second-order valence-electron chi connectivity index (χ2n) is 5.09. The second kappa shape index (κ2) is 4.28.